The van der Waals surface area contributed by atoms with Crippen molar-refractivity contribution in [3.63, 3.8) is 0 Å². The Morgan fingerprint density at radius 2 is 1.56 bits per heavy atom. The molecule has 3 aliphatic heterocycles. The quantitative estimate of drug-likeness (QED) is 0.619. The van der Waals surface area contributed by atoms with E-state index in [1.165, 1.54) is 41.2 Å². The summed E-state index contributed by atoms with van der Waals surface area (Å²) in [5, 5.41) is 8.46. The molecule has 2 atom stereocenters. The van der Waals surface area contributed by atoms with Crippen LogP contribution >= 0.6 is 22.7 Å². The van der Waals surface area contributed by atoms with Crippen molar-refractivity contribution in [1.82, 2.24) is 10.2 Å². The van der Waals surface area contributed by atoms with E-state index in [-0.39, 0.29) is 0 Å². The molecule has 0 saturated carbocycles. The molecule has 0 spiro atoms. The van der Waals surface area contributed by atoms with Gasteiger partial charge in [0.25, 0.3) is 0 Å². The van der Waals surface area contributed by atoms with E-state index < -0.39 is 0 Å². The van der Waals surface area contributed by atoms with E-state index in [1.807, 2.05) is 22.7 Å². The summed E-state index contributed by atoms with van der Waals surface area (Å²) in [5.74, 6) is 1.28. The summed E-state index contributed by atoms with van der Waals surface area (Å²) in [4.78, 5) is 5.80. The first kappa shape index (κ1) is 17.6. The number of hydrogen-bond acceptors (Lipinski definition) is 4. The molecule has 0 amide bonds. The fraction of sp³-hybridized carbons (Fsp3) is 0.391. The highest BCUT2D eigenvalue weighted by Gasteiger charge is 2.46. The van der Waals surface area contributed by atoms with Gasteiger partial charge in [0, 0.05) is 34.3 Å². The number of piperidine rings is 3. The number of thiophene rings is 2. The van der Waals surface area contributed by atoms with Gasteiger partial charge in [-0.05, 0) is 60.3 Å². The lowest BCUT2D eigenvalue weighted by atomic mass is 9.73. The maximum Gasteiger partial charge on any atom is 0.0448 e. The Morgan fingerprint density at radius 3 is 2.15 bits per heavy atom. The van der Waals surface area contributed by atoms with Gasteiger partial charge in [0.1, 0.15) is 0 Å². The molecule has 2 aromatic heterocycles. The first-order chi connectivity index (χ1) is 13.4. The molecular weight excluding hydrogens is 368 g/mol. The van der Waals surface area contributed by atoms with Gasteiger partial charge >= 0.3 is 0 Å². The van der Waals surface area contributed by atoms with Gasteiger partial charge in [0.05, 0.1) is 0 Å². The van der Waals surface area contributed by atoms with Crippen LogP contribution in [-0.4, -0.2) is 30.1 Å². The maximum absolute atomic E-state index is 3.99. The van der Waals surface area contributed by atoms with Crippen molar-refractivity contribution in [2.45, 2.75) is 37.4 Å². The summed E-state index contributed by atoms with van der Waals surface area (Å²) in [7, 11) is 0. The maximum atomic E-state index is 3.99. The van der Waals surface area contributed by atoms with Crippen molar-refractivity contribution in [2.24, 2.45) is 5.92 Å². The molecule has 4 heteroatoms. The topological polar surface area (TPSA) is 15.3 Å². The van der Waals surface area contributed by atoms with Crippen molar-refractivity contribution in [3.8, 4) is 0 Å². The molecular formula is C23H26N2S2. The number of benzene rings is 1. The van der Waals surface area contributed by atoms with Crippen LogP contribution in [0.5, 0.6) is 0 Å². The van der Waals surface area contributed by atoms with Crippen molar-refractivity contribution >= 4 is 22.7 Å². The first-order valence-electron chi connectivity index (χ1n) is 9.98. The lowest BCUT2D eigenvalue weighted by molar-refractivity contribution is 0.00558. The van der Waals surface area contributed by atoms with Crippen LogP contribution in [0.15, 0.2) is 65.4 Å². The summed E-state index contributed by atoms with van der Waals surface area (Å²) in [6.07, 6.45) is 2.68. The summed E-state index contributed by atoms with van der Waals surface area (Å²) >= 11 is 3.84. The lowest BCUT2D eigenvalue weighted by Crippen LogP contribution is -2.64. The van der Waals surface area contributed by atoms with Crippen LogP contribution in [0.4, 0.5) is 0 Å². The van der Waals surface area contributed by atoms with Crippen molar-refractivity contribution < 1.29 is 0 Å². The van der Waals surface area contributed by atoms with E-state index >= 15 is 0 Å². The second kappa shape index (κ2) is 7.88. The smallest absolute Gasteiger partial charge is 0.0448 e. The van der Waals surface area contributed by atoms with Gasteiger partial charge in [-0.3, -0.25) is 4.90 Å². The van der Waals surface area contributed by atoms with Gasteiger partial charge in [0.15, 0.2) is 0 Å². The molecule has 140 valence electrons. The minimum Gasteiger partial charge on any atom is -0.308 e. The average molecular weight is 395 g/mol. The Balaban J connectivity index is 1.47. The monoisotopic (exact) mass is 394 g/mol. The third kappa shape index (κ3) is 3.52. The van der Waals surface area contributed by atoms with Crippen LogP contribution in [0.3, 0.4) is 0 Å². The van der Waals surface area contributed by atoms with Gasteiger partial charge in [-0.15, -0.1) is 22.7 Å². The van der Waals surface area contributed by atoms with Crippen molar-refractivity contribution in [1.29, 1.82) is 0 Å². The Bertz CT molecular complexity index is 786. The van der Waals surface area contributed by atoms with Gasteiger partial charge in [-0.25, -0.2) is 0 Å². The van der Waals surface area contributed by atoms with E-state index in [9.17, 15) is 0 Å². The highest BCUT2D eigenvalue weighted by Crippen LogP contribution is 2.44. The van der Waals surface area contributed by atoms with Crippen LogP contribution in [0.2, 0.25) is 0 Å². The number of hydrogen-bond donors (Lipinski definition) is 1. The van der Waals surface area contributed by atoms with Gasteiger partial charge < -0.3 is 5.32 Å². The Hall–Kier alpha value is -1.46. The summed E-state index contributed by atoms with van der Waals surface area (Å²) in [6.45, 7) is 3.48. The molecule has 1 aromatic carbocycles. The predicted octanol–water partition coefficient (Wildman–Crippen LogP) is 5.19. The largest absolute Gasteiger partial charge is 0.308 e. The summed E-state index contributed by atoms with van der Waals surface area (Å²) in [6, 6.07) is 21.1. The molecule has 3 aliphatic rings. The molecule has 5 heterocycles. The highest BCUT2D eigenvalue weighted by molar-refractivity contribution is 7.11. The molecule has 27 heavy (non-hydrogen) atoms. The summed E-state index contributed by atoms with van der Waals surface area (Å²) < 4.78 is 0. The molecule has 2 unspecified atom stereocenters. The zero-order chi connectivity index (χ0) is 18.1. The van der Waals surface area contributed by atoms with Crippen LogP contribution < -0.4 is 5.32 Å². The van der Waals surface area contributed by atoms with Crippen LogP contribution in [0.25, 0.3) is 0 Å². The van der Waals surface area contributed by atoms with Gasteiger partial charge in [0.2, 0.25) is 0 Å². The Labute approximate surface area is 169 Å². The standard InChI is InChI=1S/C23H26N2S2/c1-2-6-17(7-3-1)16-24-22-18-10-12-25(13-11-18)23(22)21(19-8-4-14-26-19)20-9-5-15-27-20/h1-9,14-15,18,21-24H,10-13,16H2. The fourth-order valence-electron chi connectivity index (χ4n) is 5.03. The van der Waals surface area contributed by atoms with Crippen molar-refractivity contribution in [2.75, 3.05) is 13.1 Å². The van der Waals surface area contributed by atoms with Crippen molar-refractivity contribution in [3.05, 3.63) is 80.7 Å². The molecule has 3 saturated heterocycles. The number of rotatable bonds is 6. The third-order valence-electron chi connectivity index (χ3n) is 6.30. The number of fused-ring (bicyclic) bond motifs is 3. The van der Waals surface area contributed by atoms with E-state index in [0.717, 1.165) is 12.5 Å². The number of nitrogens with one attached hydrogen (secondary N) is 1. The van der Waals surface area contributed by atoms with E-state index in [2.05, 4.69) is 75.6 Å². The van der Waals surface area contributed by atoms with Gasteiger partial charge in [-0.1, -0.05) is 42.5 Å². The molecule has 1 N–H and O–H groups in total. The average Bonchev–Trinajstić information content (AvgIpc) is 3.44. The molecule has 2 nitrogen and oxygen atoms in total. The predicted molar refractivity (Wildman–Crippen MR) is 116 cm³/mol. The Morgan fingerprint density at radius 1 is 0.889 bits per heavy atom. The minimum absolute atomic E-state index is 0.487. The minimum atomic E-state index is 0.487. The second-order valence-electron chi connectivity index (χ2n) is 7.76. The molecule has 3 fully saturated rings. The molecule has 6 rings (SSSR count). The van der Waals surface area contributed by atoms with E-state index in [4.69, 9.17) is 0 Å². The zero-order valence-corrected chi connectivity index (χ0v) is 17.1. The lowest BCUT2D eigenvalue weighted by Gasteiger charge is -2.53. The number of nitrogens with zero attached hydrogens (tertiary/aromatic N) is 1. The van der Waals surface area contributed by atoms with Crippen LogP contribution in [0.1, 0.15) is 34.1 Å². The first-order valence-corrected chi connectivity index (χ1v) is 11.7. The molecule has 0 aliphatic carbocycles. The van der Waals surface area contributed by atoms with Crippen LogP contribution in [-0.2, 0) is 6.54 Å². The molecule has 0 radical (unpaired) electrons. The third-order valence-corrected chi connectivity index (χ3v) is 8.21. The van der Waals surface area contributed by atoms with E-state index in [0.29, 0.717) is 18.0 Å². The second-order valence-corrected chi connectivity index (χ2v) is 9.72. The summed E-state index contributed by atoms with van der Waals surface area (Å²) in [5.41, 5.74) is 1.39. The fourth-order valence-corrected chi connectivity index (χ4v) is 6.88. The zero-order valence-electron chi connectivity index (χ0n) is 15.5. The Kier molecular flexibility index (Phi) is 5.14. The highest BCUT2D eigenvalue weighted by atomic mass is 32.1. The molecule has 3 aromatic rings. The SMILES string of the molecule is c1ccc(CNC2C3CCN(CC3)C2C(c2cccs2)c2cccs2)cc1. The van der Waals surface area contributed by atoms with Crippen LogP contribution in [0, 0.1) is 5.92 Å². The normalized spacial score (nSPS) is 27.3. The molecule has 2 bridgehead atoms. The van der Waals surface area contributed by atoms with E-state index in [1.54, 1.807) is 0 Å². The van der Waals surface area contributed by atoms with Gasteiger partial charge in [-0.2, -0.15) is 0 Å².